The molecule has 0 bridgehead atoms. The molecule has 5 heterocycles. The lowest BCUT2D eigenvalue weighted by atomic mass is 10.0. The number of hydrogen-bond donors (Lipinski definition) is 4. The second kappa shape index (κ2) is 11.2. The van der Waals surface area contributed by atoms with Crippen LogP contribution in [0.5, 0.6) is 0 Å². The third kappa shape index (κ3) is 5.50. The van der Waals surface area contributed by atoms with Crippen LogP contribution in [-0.4, -0.2) is 96.0 Å². The smallest absolute Gasteiger partial charge is 0.352 e. The molecule has 1 unspecified atom stereocenters. The fourth-order valence-corrected chi connectivity index (χ4v) is 6.92. The number of nitrogen functional groups attached to an aromatic ring is 1. The van der Waals surface area contributed by atoms with Crippen molar-refractivity contribution in [1.29, 1.82) is 0 Å². The molecule has 0 saturated carbocycles. The Balaban J connectivity index is 1.28. The molecule has 210 valence electrons. The van der Waals surface area contributed by atoms with E-state index in [2.05, 4.69) is 20.4 Å². The molecule has 2 aromatic rings. The first-order chi connectivity index (χ1) is 19.1. The zero-order valence-electron chi connectivity index (χ0n) is 20.6. The van der Waals surface area contributed by atoms with Crippen LogP contribution in [-0.2, 0) is 30.6 Å². The van der Waals surface area contributed by atoms with Crippen LogP contribution < -0.4 is 11.1 Å². The number of fused-ring (bicyclic) bond motifs is 2. The van der Waals surface area contributed by atoms with E-state index in [1.165, 1.54) is 28.9 Å². The van der Waals surface area contributed by atoms with E-state index in [9.17, 15) is 24.3 Å². The summed E-state index contributed by atoms with van der Waals surface area (Å²) in [6.07, 6.45) is 3.68. The number of oxime groups is 1. The highest BCUT2D eigenvalue weighted by Gasteiger charge is 2.54. The van der Waals surface area contributed by atoms with Crippen molar-refractivity contribution in [3.8, 4) is 0 Å². The molecule has 18 heteroatoms. The molecule has 1 saturated heterocycles. The van der Waals surface area contributed by atoms with Crippen LogP contribution in [0.3, 0.4) is 0 Å². The van der Waals surface area contributed by atoms with Gasteiger partial charge >= 0.3 is 11.9 Å². The minimum atomic E-state index is -1.31. The standard InChI is InChI=1S/C22H21N7O8S3/c1-28-3-2-12-10(4-28)25-22(37-12)40-7-9-6-38-19-15(18(33)29(19)16(9)20(34)35)26-17(32)14(27-36-5-13(30)31)11-8-39-21(23)24-11/h2-3,8,15,19H,4-7H2,1H3,(H2,23,24)(H,26,32)(H,30,31)(H,34,35)/b27-14-/t15?,19-/m1/s1. The number of thioether (sulfide) groups is 2. The van der Waals surface area contributed by atoms with Gasteiger partial charge in [0.25, 0.3) is 17.0 Å². The van der Waals surface area contributed by atoms with Crippen molar-refractivity contribution in [1.82, 2.24) is 25.1 Å². The van der Waals surface area contributed by atoms with Crippen molar-refractivity contribution in [2.45, 2.75) is 23.2 Å². The Kier molecular flexibility index (Phi) is 7.72. The number of oxazole rings is 1. The van der Waals surface area contributed by atoms with Gasteiger partial charge in [-0.3, -0.25) is 14.5 Å². The number of nitrogens with zero attached hydrogens (tertiary/aromatic N) is 5. The number of nitrogens with two attached hydrogens (primary N) is 1. The maximum atomic E-state index is 13.1. The third-order valence-corrected chi connectivity index (χ3v) is 8.75. The Hall–Kier alpha value is -4.03. The zero-order chi connectivity index (χ0) is 28.6. The van der Waals surface area contributed by atoms with Crippen LogP contribution in [0.4, 0.5) is 5.13 Å². The molecule has 15 nitrogen and oxygen atoms in total. The fraction of sp³-hybridized carbons (Fsp3) is 0.318. The Bertz CT molecular complexity index is 1480. The van der Waals surface area contributed by atoms with E-state index in [4.69, 9.17) is 20.1 Å². The average molecular weight is 608 g/mol. The van der Waals surface area contributed by atoms with Gasteiger partial charge in [-0.25, -0.2) is 19.6 Å². The highest BCUT2D eigenvalue weighted by molar-refractivity contribution is 8.01. The van der Waals surface area contributed by atoms with Gasteiger partial charge in [0.1, 0.15) is 28.5 Å². The monoisotopic (exact) mass is 607 g/mol. The number of amides is 2. The lowest BCUT2D eigenvalue weighted by Crippen LogP contribution is -2.71. The number of thiazole rings is 1. The zero-order valence-corrected chi connectivity index (χ0v) is 23.0. The molecule has 2 amide bonds. The van der Waals surface area contributed by atoms with Gasteiger partial charge in [-0.05, 0) is 11.6 Å². The molecule has 5 N–H and O–H groups in total. The number of β-lactam (4-membered cyclic amide) rings is 1. The number of carboxylic acid groups (broad SMARTS) is 2. The summed E-state index contributed by atoms with van der Waals surface area (Å²) in [5, 5.41) is 26.1. The van der Waals surface area contributed by atoms with Gasteiger partial charge in [0.15, 0.2) is 16.6 Å². The second-order valence-electron chi connectivity index (χ2n) is 8.61. The SMILES string of the molecule is CN1C=Cc2oc(SCC3=C(C(=O)O)N4C(=O)C(NC(=O)/C(=N\OCC(=O)O)c5csc(N)n5)[C@H]4SC3)nc2C1. The largest absolute Gasteiger partial charge is 0.479 e. The van der Waals surface area contributed by atoms with Gasteiger partial charge < -0.3 is 35.4 Å². The highest BCUT2D eigenvalue weighted by atomic mass is 32.2. The summed E-state index contributed by atoms with van der Waals surface area (Å²) in [5.74, 6) is -2.86. The first-order valence-electron chi connectivity index (χ1n) is 11.5. The van der Waals surface area contributed by atoms with Crippen molar-refractivity contribution in [2.24, 2.45) is 5.16 Å². The van der Waals surface area contributed by atoms with Gasteiger partial charge in [0.2, 0.25) is 6.61 Å². The quantitative estimate of drug-likeness (QED) is 0.125. The molecule has 3 aliphatic heterocycles. The van der Waals surface area contributed by atoms with E-state index in [0.29, 0.717) is 28.9 Å². The van der Waals surface area contributed by atoms with Crippen molar-refractivity contribution in [3.63, 3.8) is 0 Å². The molecule has 2 atom stereocenters. The molecule has 0 aromatic carbocycles. The highest BCUT2D eigenvalue weighted by Crippen LogP contribution is 2.41. The van der Waals surface area contributed by atoms with Gasteiger partial charge in [-0.1, -0.05) is 16.9 Å². The Morgan fingerprint density at radius 1 is 1.35 bits per heavy atom. The van der Waals surface area contributed by atoms with Gasteiger partial charge in [0.05, 0.1) is 6.54 Å². The normalized spacial score (nSPS) is 20.1. The minimum absolute atomic E-state index is 0.0334. The molecule has 1 fully saturated rings. The topological polar surface area (TPSA) is 214 Å². The summed E-state index contributed by atoms with van der Waals surface area (Å²) in [7, 11) is 1.91. The molecule has 40 heavy (non-hydrogen) atoms. The lowest BCUT2D eigenvalue weighted by Gasteiger charge is -2.49. The van der Waals surface area contributed by atoms with Gasteiger partial charge in [0, 0.05) is 30.1 Å². The van der Waals surface area contributed by atoms with E-state index < -0.39 is 41.8 Å². The molecular weight excluding hydrogens is 586 g/mol. The van der Waals surface area contributed by atoms with E-state index in [1.807, 2.05) is 24.2 Å². The van der Waals surface area contributed by atoms with Crippen LogP contribution in [0.15, 0.2) is 37.6 Å². The van der Waals surface area contributed by atoms with Gasteiger partial charge in [-0.2, -0.15) is 0 Å². The molecule has 0 radical (unpaired) electrons. The number of hydrogen-bond acceptors (Lipinski definition) is 14. The summed E-state index contributed by atoms with van der Waals surface area (Å²) in [5.41, 5.74) is 6.45. The van der Waals surface area contributed by atoms with Crippen LogP contribution in [0.2, 0.25) is 0 Å². The number of carbonyl (C=O) groups excluding carboxylic acids is 2. The molecular formula is C22H21N7O8S3. The van der Waals surface area contributed by atoms with Crippen LogP contribution in [0.25, 0.3) is 6.08 Å². The summed E-state index contributed by atoms with van der Waals surface area (Å²) in [4.78, 5) is 65.3. The summed E-state index contributed by atoms with van der Waals surface area (Å²) < 4.78 is 5.75. The number of aliphatic carboxylic acids is 2. The summed E-state index contributed by atoms with van der Waals surface area (Å²) in [6, 6.07) is -1.05. The molecule has 0 aliphatic carbocycles. The van der Waals surface area contributed by atoms with Crippen molar-refractivity contribution < 1.29 is 38.6 Å². The van der Waals surface area contributed by atoms with E-state index >= 15 is 0 Å². The summed E-state index contributed by atoms with van der Waals surface area (Å²) in [6.45, 7) is -0.206. The number of rotatable bonds is 10. The maximum Gasteiger partial charge on any atom is 0.352 e. The molecule has 3 aliphatic rings. The van der Waals surface area contributed by atoms with Crippen molar-refractivity contribution in [2.75, 3.05) is 30.9 Å². The summed E-state index contributed by atoms with van der Waals surface area (Å²) >= 11 is 3.56. The number of anilines is 1. The average Bonchev–Trinajstić information content (AvgIpc) is 3.52. The van der Waals surface area contributed by atoms with Crippen molar-refractivity contribution >= 4 is 75.5 Å². The van der Waals surface area contributed by atoms with E-state index in [1.54, 1.807) is 0 Å². The first-order valence-corrected chi connectivity index (χ1v) is 14.4. The van der Waals surface area contributed by atoms with Crippen LogP contribution >= 0.6 is 34.9 Å². The predicted molar refractivity (Wildman–Crippen MR) is 144 cm³/mol. The van der Waals surface area contributed by atoms with Crippen molar-refractivity contribution in [3.05, 3.63) is 40.0 Å². The maximum absolute atomic E-state index is 13.1. The number of carbonyl (C=O) groups is 4. The predicted octanol–water partition coefficient (Wildman–Crippen LogP) is 0.466. The fourth-order valence-electron chi connectivity index (χ4n) is 4.04. The van der Waals surface area contributed by atoms with Crippen LogP contribution in [0.1, 0.15) is 17.1 Å². The van der Waals surface area contributed by atoms with E-state index in [-0.39, 0.29) is 28.0 Å². The first kappa shape index (κ1) is 27.5. The number of aromatic nitrogens is 2. The van der Waals surface area contributed by atoms with E-state index in [0.717, 1.165) is 21.9 Å². The molecule has 5 rings (SSSR count). The Labute approximate surface area is 238 Å². The second-order valence-corrected chi connectivity index (χ2v) is 11.5. The molecule has 2 aromatic heterocycles. The third-order valence-electron chi connectivity index (χ3n) is 5.82. The Morgan fingerprint density at radius 2 is 2.15 bits per heavy atom. The lowest BCUT2D eigenvalue weighted by molar-refractivity contribution is -0.150. The minimum Gasteiger partial charge on any atom is -0.479 e. The molecule has 0 spiro atoms. The van der Waals surface area contributed by atoms with Gasteiger partial charge in [-0.15, -0.1) is 23.1 Å². The number of nitrogens with one attached hydrogen (secondary N) is 1. The van der Waals surface area contributed by atoms with Crippen LogP contribution in [0, 0.1) is 0 Å². The number of carboxylic acids is 2. The Morgan fingerprint density at radius 3 is 2.85 bits per heavy atom.